The van der Waals surface area contributed by atoms with Crippen LogP contribution in [0.3, 0.4) is 0 Å². The van der Waals surface area contributed by atoms with Gasteiger partial charge in [0, 0.05) is 18.7 Å². The SMILES string of the molecule is CCC(NC(=O)Cc1cc(F)cc(F)c1)C(=O)Nc1cc(C(=O)NCCC2CCCCC2)n[nH]1. The summed E-state index contributed by atoms with van der Waals surface area (Å²) in [4.78, 5) is 37.2. The van der Waals surface area contributed by atoms with E-state index in [4.69, 9.17) is 0 Å². The van der Waals surface area contributed by atoms with Gasteiger partial charge >= 0.3 is 0 Å². The second kappa shape index (κ2) is 12.2. The summed E-state index contributed by atoms with van der Waals surface area (Å²) in [6.45, 7) is 2.29. The number of carbonyl (C=O) groups excluding carboxylic acids is 3. The molecule has 8 nitrogen and oxygen atoms in total. The molecule has 1 aliphatic rings. The van der Waals surface area contributed by atoms with Crippen molar-refractivity contribution in [3.63, 3.8) is 0 Å². The highest BCUT2D eigenvalue weighted by atomic mass is 19.1. The van der Waals surface area contributed by atoms with Crippen LogP contribution in [0.1, 0.15) is 67.9 Å². The van der Waals surface area contributed by atoms with E-state index < -0.39 is 29.5 Å². The molecule has 1 aromatic heterocycles. The molecule has 1 aromatic carbocycles. The molecule has 3 rings (SSSR count). The summed E-state index contributed by atoms with van der Waals surface area (Å²) < 4.78 is 26.6. The summed E-state index contributed by atoms with van der Waals surface area (Å²) in [5.74, 6) is -2.05. The number of benzene rings is 1. The highest BCUT2D eigenvalue weighted by Gasteiger charge is 2.21. The number of halogens is 2. The second-order valence-corrected chi connectivity index (χ2v) is 8.69. The van der Waals surface area contributed by atoms with Gasteiger partial charge in [-0.05, 0) is 36.5 Å². The highest BCUT2D eigenvalue weighted by molar-refractivity contribution is 5.98. The summed E-state index contributed by atoms with van der Waals surface area (Å²) in [6.07, 6.45) is 7.18. The van der Waals surface area contributed by atoms with Gasteiger partial charge in [-0.1, -0.05) is 39.0 Å². The number of aromatic amines is 1. The first-order valence-electron chi connectivity index (χ1n) is 11.7. The molecule has 0 bridgehead atoms. The normalized spacial score (nSPS) is 14.9. The third kappa shape index (κ3) is 7.64. The predicted molar refractivity (Wildman–Crippen MR) is 123 cm³/mol. The molecule has 34 heavy (non-hydrogen) atoms. The maximum absolute atomic E-state index is 13.3. The van der Waals surface area contributed by atoms with E-state index in [9.17, 15) is 23.2 Å². The molecule has 0 spiro atoms. The van der Waals surface area contributed by atoms with Crippen molar-refractivity contribution in [2.75, 3.05) is 11.9 Å². The van der Waals surface area contributed by atoms with Crippen LogP contribution in [0.25, 0.3) is 0 Å². The van der Waals surface area contributed by atoms with E-state index in [-0.39, 0.29) is 35.8 Å². The Hall–Kier alpha value is -3.30. The van der Waals surface area contributed by atoms with Crippen LogP contribution in [0, 0.1) is 17.6 Å². The van der Waals surface area contributed by atoms with Crippen LogP contribution in [0.15, 0.2) is 24.3 Å². The van der Waals surface area contributed by atoms with Crippen LogP contribution in [0.4, 0.5) is 14.6 Å². The van der Waals surface area contributed by atoms with E-state index in [0.717, 1.165) is 24.6 Å². The zero-order valence-electron chi connectivity index (χ0n) is 19.3. The van der Waals surface area contributed by atoms with Gasteiger partial charge < -0.3 is 16.0 Å². The van der Waals surface area contributed by atoms with E-state index >= 15 is 0 Å². The van der Waals surface area contributed by atoms with Crippen LogP contribution in [0.2, 0.25) is 0 Å². The fourth-order valence-electron chi connectivity index (χ4n) is 4.17. The topological polar surface area (TPSA) is 116 Å². The van der Waals surface area contributed by atoms with Crippen LogP contribution in [0.5, 0.6) is 0 Å². The largest absolute Gasteiger partial charge is 0.351 e. The van der Waals surface area contributed by atoms with E-state index in [1.54, 1.807) is 6.92 Å². The first-order valence-corrected chi connectivity index (χ1v) is 11.7. The molecule has 1 unspecified atom stereocenters. The van der Waals surface area contributed by atoms with Crippen molar-refractivity contribution in [3.8, 4) is 0 Å². The molecule has 0 saturated heterocycles. The molecule has 2 aromatic rings. The second-order valence-electron chi connectivity index (χ2n) is 8.69. The first kappa shape index (κ1) is 25.3. The van der Waals surface area contributed by atoms with Crippen molar-refractivity contribution in [2.45, 2.75) is 64.3 Å². The lowest BCUT2D eigenvalue weighted by atomic mass is 9.87. The summed E-state index contributed by atoms with van der Waals surface area (Å²) in [5.41, 5.74) is 0.321. The lowest BCUT2D eigenvalue weighted by Gasteiger charge is -2.21. The monoisotopic (exact) mass is 475 g/mol. The minimum absolute atomic E-state index is 0.157. The van der Waals surface area contributed by atoms with E-state index in [1.165, 1.54) is 38.2 Å². The summed E-state index contributed by atoms with van der Waals surface area (Å²) in [7, 11) is 0. The Morgan fingerprint density at radius 1 is 1.09 bits per heavy atom. The van der Waals surface area contributed by atoms with Crippen LogP contribution >= 0.6 is 0 Å². The molecule has 3 amide bonds. The number of H-pyrrole nitrogens is 1. The smallest absolute Gasteiger partial charge is 0.271 e. The molecule has 184 valence electrons. The van der Waals surface area contributed by atoms with E-state index in [1.807, 2.05) is 0 Å². The van der Waals surface area contributed by atoms with Gasteiger partial charge in [-0.3, -0.25) is 19.5 Å². The molecule has 4 N–H and O–H groups in total. The van der Waals surface area contributed by atoms with Gasteiger partial charge in [-0.25, -0.2) is 8.78 Å². The average molecular weight is 476 g/mol. The third-order valence-corrected chi connectivity index (χ3v) is 5.98. The van der Waals surface area contributed by atoms with Crippen molar-refractivity contribution in [2.24, 2.45) is 5.92 Å². The third-order valence-electron chi connectivity index (χ3n) is 5.98. The molecular weight excluding hydrogens is 444 g/mol. The molecular formula is C24H31F2N5O3. The van der Waals surface area contributed by atoms with Crippen LogP contribution in [-0.4, -0.2) is 40.5 Å². The molecule has 0 radical (unpaired) electrons. The Balaban J connectivity index is 1.46. The zero-order valence-corrected chi connectivity index (χ0v) is 19.3. The maximum atomic E-state index is 13.3. The van der Waals surface area contributed by atoms with Crippen LogP contribution < -0.4 is 16.0 Å². The van der Waals surface area contributed by atoms with E-state index in [0.29, 0.717) is 12.5 Å². The number of aromatic nitrogens is 2. The summed E-state index contributed by atoms with van der Waals surface area (Å²) in [6, 6.07) is 3.41. The minimum atomic E-state index is -0.873. The maximum Gasteiger partial charge on any atom is 0.271 e. The van der Waals surface area contributed by atoms with Gasteiger partial charge in [0.1, 0.15) is 23.5 Å². The fraction of sp³-hybridized carbons (Fsp3) is 0.500. The quantitative estimate of drug-likeness (QED) is 0.421. The zero-order chi connectivity index (χ0) is 24.5. The van der Waals surface area contributed by atoms with Gasteiger partial charge in [0.25, 0.3) is 5.91 Å². The summed E-state index contributed by atoms with van der Waals surface area (Å²) >= 11 is 0. The number of amides is 3. The number of nitrogens with zero attached hydrogens (tertiary/aromatic N) is 1. The van der Waals surface area contributed by atoms with Gasteiger partial charge in [0.05, 0.1) is 6.42 Å². The van der Waals surface area contributed by atoms with Gasteiger partial charge in [-0.2, -0.15) is 5.10 Å². The fourth-order valence-corrected chi connectivity index (χ4v) is 4.17. The summed E-state index contributed by atoms with van der Waals surface area (Å²) in [5, 5.41) is 14.6. The average Bonchev–Trinajstić information content (AvgIpc) is 3.26. The van der Waals surface area contributed by atoms with Gasteiger partial charge in [0.15, 0.2) is 5.69 Å². The highest BCUT2D eigenvalue weighted by Crippen LogP contribution is 2.25. The minimum Gasteiger partial charge on any atom is -0.351 e. The Morgan fingerprint density at radius 2 is 1.79 bits per heavy atom. The number of rotatable bonds is 10. The van der Waals surface area contributed by atoms with Gasteiger partial charge in [-0.15, -0.1) is 0 Å². The van der Waals surface area contributed by atoms with Crippen molar-refractivity contribution in [1.82, 2.24) is 20.8 Å². The Bertz CT molecular complexity index is 984. The molecule has 0 aliphatic heterocycles. The molecule has 1 fully saturated rings. The molecule has 1 saturated carbocycles. The number of hydrogen-bond donors (Lipinski definition) is 4. The first-order chi connectivity index (χ1) is 16.3. The molecule has 1 heterocycles. The molecule has 10 heteroatoms. The standard InChI is InChI=1S/C24H31F2N5O3/c1-2-19(28-22(32)12-16-10-17(25)13-18(26)11-16)24(34)29-21-14-20(30-31-21)23(33)27-9-8-15-6-4-3-5-7-15/h10-11,13-15,19H,2-9,12H2,1H3,(H,27,33)(H,28,32)(H2,29,30,31,34). The molecule has 1 atom stereocenters. The van der Waals surface area contributed by atoms with Crippen molar-refractivity contribution >= 4 is 23.5 Å². The Morgan fingerprint density at radius 3 is 2.47 bits per heavy atom. The lowest BCUT2D eigenvalue weighted by Crippen LogP contribution is -2.44. The van der Waals surface area contributed by atoms with Crippen LogP contribution in [-0.2, 0) is 16.0 Å². The number of nitrogens with one attached hydrogen (secondary N) is 4. The Kier molecular flexibility index (Phi) is 9.12. The molecule has 1 aliphatic carbocycles. The van der Waals surface area contributed by atoms with Crippen molar-refractivity contribution < 1.29 is 23.2 Å². The van der Waals surface area contributed by atoms with Gasteiger partial charge in [0.2, 0.25) is 11.8 Å². The van der Waals surface area contributed by atoms with Crippen molar-refractivity contribution in [3.05, 3.63) is 47.2 Å². The lowest BCUT2D eigenvalue weighted by molar-refractivity contribution is -0.126. The number of carbonyl (C=O) groups is 3. The van der Waals surface area contributed by atoms with Crippen molar-refractivity contribution in [1.29, 1.82) is 0 Å². The Labute approximate surface area is 197 Å². The number of hydrogen-bond acceptors (Lipinski definition) is 4. The predicted octanol–water partition coefficient (Wildman–Crippen LogP) is 3.46. The van der Waals surface area contributed by atoms with E-state index in [2.05, 4.69) is 26.1 Å². The number of anilines is 1.